The second-order valence-corrected chi connectivity index (χ2v) is 10.4. The van der Waals surface area contributed by atoms with Crippen molar-refractivity contribution < 1.29 is 37.3 Å². The molecule has 43 heavy (non-hydrogen) atoms. The van der Waals surface area contributed by atoms with Crippen LogP contribution in [0.4, 0.5) is 23.7 Å². The number of ether oxygens (including phenoxy) is 3. The molecule has 9 nitrogen and oxygen atoms in total. The summed E-state index contributed by atoms with van der Waals surface area (Å²) in [6, 6.07) is 8.69. The molecule has 0 fully saturated rings. The van der Waals surface area contributed by atoms with Gasteiger partial charge in [0.1, 0.15) is 23.0 Å². The monoisotopic (exact) mass is 602 g/mol. The Morgan fingerprint density at radius 2 is 1.84 bits per heavy atom. The van der Waals surface area contributed by atoms with Crippen LogP contribution in [0, 0.1) is 0 Å². The molecule has 0 radical (unpaired) electrons. The van der Waals surface area contributed by atoms with Crippen LogP contribution in [-0.4, -0.2) is 54.3 Å². The number of rotatable bonds is 10. The SMILES string of the molecule is CCOC(=O)N1c2ccc(C(F)(F)F)cc2[C@@H](c2ncc(CCCO)c(Cc3cc(OC)cc(OC)c3)n2)C[C@@]1(N)CC. The maximum atomic E-state index is 13.9. The quantitative estimate of drug-likeness (QED) is 0.308. The Hall–Kier alpha value is -3.90. The smallest absolute Gasteiger partial charge is 0.416 e. The van der Waals surface area contributed by atoms with Crippen molar-refractivity contribution in [3.8, 4) is 11.5 Å². The van der Waals surface area contributed by atoms with E-state index < -0.39 is 29.4 Å². The molecule has 232 valence electrons. The summed E-state index contributed by atoms with van der Waals surface area (Å²) in [6.07, 6.45) is -2.00. The number of aromatic nitrogens is 2. The number of carbonyl (C=O) groups excluding carboxylic acids is 1. The van der Waals surface area contributed by atoms with Crippen molar-refractivity contribution in [1.82, 2.24) is 9.97 Å². The second kappa shape index (κ2) is 13.2. The van der Waals surface area contributed by atoms with Gasteiger partial charge < -0.3 is 25.1 Å². The number of aliphatic hydroxyl groups is 1. The molecule has 1 aliphatic rings. The van der Waals surface area contributed by atoms with E-state index in [4.69, 9.17) is 24.9 Å². The van der Waals surface area contributed by atoms with Gasteiger partial charge >= 0.3 is 12.3 Å². The lowest BCUT2D eigenvalue weighted by atomic mass is 9.80. The predicted molar refractivity (Wildman–Crippen MR) is 154 cm³/mol. The zero-order chi connectivity index (χ0) is 31.4. The van der Waals surface area contributed by atoms with E-state index in [0.29, 0.717) is 42.9 Å². The number of hydrogen-bond acceptors (Lipinski definition) is 8. The third-order valence-corrected chi connectivity index (χ3v) is 7.71. The van der Waals surface area contributed by atoms with E-state index in [1.54, 1.807) is 40.3 Å². The van der Waals surface area contributed by atoms with E-state index >= 15 is 0 Å². The Balaban J connectivity index is 1.88. The molecule has 12 heteroatoms. The van der Waals surface area contributed by atoms with E-state index in [0.717, 1.165) is 23.3 Å². The van der Waals surface area contributed by atoms with Crippen molar-refractivity contribution >= 4 is 11.8 Å². The molecule has 1 aliphatic heterocycles. The molecular formula is C31H37F3N4O5. The van der Waals surface area contributed by atoms with E-state index in [2.05, 4.69) is 4.98 Å². The third kappa shape index (κ3) is 6.86. The van der Waals surface area contributed by atoms with Gasteiger partial charge in [0, 0.05) is 31.2 Å². The van der Waals surface area contributed by atoms with E-state index in [1.165, 1.54) is 11.0 Å². The van der Waals surface area contributed by atoms with Crippen molar-refractivity contribution in [2.75, 3.05) is 32.3 Å². The molecule has 3 aromatic rings. The number of aryl methyl sites for hydroxylation is 1. The molecule has 0 unspecified atom stereocenters. The van der Waals surface area contributed by atoms with E-state index in [-0.39, 0.29) is 36.7 Å². The fourth-order valence-corrected chi connectivity index (χ4v) is 5.43. The standard InChI is InChI=1S/C31H37F3N4O5/c1-5-30(35)17-25(24-15-21(31(32,33)34)9-10-27(24)38(30)29(40)43-6-2)28-36-18-20(8-7-11-39)26(37-28)14-19-12-22(41-3)16-23(13-19)42-4/h9-10,12-13,15-16,18,25,39H,5-8,11,14,17,35H2,1-4H3/t25-,30+/m0/s1. The molecule has 0 saturated carbocycles. The summed E-state index contributed by atoms with van der Waals surface area (Å²) in [5.41, 5.74) is 7.41. The number of amides is 1. The predicted octanol–water partition coefficient (Wildman–Crippen LogP) is 5.59. The van der Waals surface area contributed by atoms with Crippen LogP contribution in [-0.2, 0) is 23.8 Å². The number of aliphatic hydroxyl groups excluding tert-OH is 1. The lowest BCUT2D eigenvalue weighted by Gasteiger charge is -2.46. The first kappa shape index (κ1) is 32.0. The number of nitrogens with two attached hydrogens (primary N) is 1. The lowest BCUT2D eigenvalue weighted by Crippen LogP contribution is -2.61. The zero-order valence-electron chi connectivity index (χ0n) is 24.7. The number of fused-ring (bicyclic) bond motifs is 1. The molecule has 2 atom stereocenters. The summed E-state index contributed by atoms with van der Waals surface area (Å²) in [5, 5.41) is 9.47. The summed E-state index contributed by atoms with van der Waals surface area (Å²) in [5.74, 6) is 0.719. The number of halogens is 3. The third-order valence-electron chi connectivity index (χ3n) is 7.71. The van der Waals surface area contributed by atoms with Gasteiger partial charge in [0.2, 0.25) is 0 Å². The number of methoxy groups -OCH3 is 2. The Bertz CT molecular complexity index is 1430. The lowest BCUT2D eigenvalue weighted by molar-refractivity contribution is -0.137. The summed E-state index contributed by atoms with van der Waals surface area (Å²) in [7, 11) is 3.10. The highest BCUT2D eigenvalue weighted by atomic mass is 19.4. The average Bonchev–Trinajstić information content (AvgIpc) is 2.99. The topological polar surface area (TPSA) is 120 Å². The first-order valence-corrected chi connectivity index (χ1v) is 14.1. The van der Waals surface area contributed by atoms with Crippen LogP contribution in [0.15, 0.2) is 42.6 Å². The number of hydrogen-bond donors (Lipinski definition) is 2. The summed E-state index contributed by atoms with van der Waals surface area (Å²) in [4.78, 5) is 23.9. The van der Waals surface area contributed by atoms with E-state index in [1.807, 2.05) is 12.1 Å². The molecule has 2 heterocycles. The van der Waals surface area contributed by atoms with Gasteiger partial charge in [-0.05, 0) is 79.6 Å². The molecule has 2 aromatic carbocycles. The molecule has 0 spiro atoms. The fraction of sp³-hybridized carbons (Fsp3) is 0.452. The van der Waals surface area contributed by atoms with Crippen molar-refractivity contribution in [3.63, 3.8) is 0 Å². The highest BCUT2D eigenvalue weighted by Crippen LogP contribution is 2.47. The van der Waals surface area contributed by atoms with Gasteiger partial charge in [-0.25, -0.2) is 14.8 Å². The molecule has 1 amide bonds. The highest BCUT2D eigenvalue weighted by Gasteiger charge is 2.47. The van der Waals surface area contributed by atoms with Crippen molar-refractivity contribution in [3.05, 3.63) is 76.4 Å². The number of anilines is 1. The van der Waals surface area contributed by atoms with Crippen LogP contribution >= 0.6 is 0 Å². The van der Waals surface area contributed by atoms with Crippen molar-refractivity contribution in [2.45, 2.75) is 63.7 Å². The van der Waals surface area contributed by atoms with Gasteiger partial charge in [0.25, 0.3) is 0 Å². The fourth-order valence-electron chi connectivity index (χ4n) is 5.43. The van der Waals surface area contributed by atoms with Gasteiger partial charge in [-0.15, -0.1) is 0 Å². The second-order valence-electron chi connectivity index (χ2n) is 10.4. The van der Waals surface area contributed by atoms with Gasteiger partial charge in [-0.1, -0.05) is 6.92 Å². The number of nitrogens with zero attached hydrogens (tertiary/aromatic N) is 3. The van der Waals surface area contributed by atoms with Crippen molar-refractivity contribution in [2.24, 2.45) is 5.73 Å². The largest absolute Gasteiger partial charge is 0.497 e. The van der Waals surface area contributed by atoms with Crippen LogP contribution in [0.2, 0.25) is 0 Å². The summed E-state index contributed by atoms with van der Waals surface area (Å²) >= 11 is 0. The molecular weight excluding hydrogens is 565 g/mol. The number of benzene rings is 2. The normalized spacial score (nSPS) is 18.3. The van der Waals surface area contributed by atoms with Crippen LogP contribution < -0.4 is 20.1 Å². The van der Waals surface area contributed by atoms with Crippen LogP contribution in [0.1, 0.15) is 72.8 Å². The van der Waals surface area contributed by atoms with Gasteiger partial charge in [0.05, 0.1) is 37.8 Å². The van der Waals surface area contributed by atoms with Gasteiger partial charge in [0.15, 0.2) is 0 Å². The number of alkyl halides is 3. The summed E-state index contributed by atoms with van der Waals surface area (Å²) < 4.78 is 57.7. The summed E-state index contributed by atoms with van der Waals surface area (Å²) in [6.45, 7) is 3.50. The van der Waals surface area contributed by atoms with Crippen LogP contribution in [0.25, 0.3) is 0 Å². The first-order chi connectivity index (χ1) is 20.5. The van der Waals surface area contributed by atoms with Gasteiger partial charge in [-0.3, -0.25) is 4.90 Å². The molecule has 3 N–H and O–H groups in total. The molecule has 4 rings (SSSR count). The minimum absolute atomic E-state index is 0.0275. The van der Waals surface area contributed by atoms with E-state index in [9.17, 15) is 23.1 Å². The Morgan fingerprint density at radius 1 is 1.14 bits per heavy atom. The molecule has 0 saturated heterocycles. The molecule has 0 aliphatic carbocycles. The van der Waals surface area contributed by atoms with Gasteiger partial charge in [-0.2, -0.15) is 13.2 Å². The maximum absolute atomic E-state index is 13.9. The minimum Gasteiger partial charge on any atom is -0.497 e. The van der Waals surface area contributed by atoms with Crippen molar-refractivity contribution in [1.29, 1.82) is 0 Å². The molecule has 0 bridgehead atoms. The van der Waals surface area contributed by atoms with Crippen LogP contribution in [0.5, 0.6) is 11.5 Å². The Morgan fingerprint density at radius 3 is 2.42 bits per heavy atom. The number of carbonyl (C=O) groups is 1. The first-order valence-electron chi connectivity index (χ1n) is 14.1. The minimum atomic E-state index is -4.61. The zero-order valence-corrected chi connectivity index (χ0v) is 24.7. The molecule has 1 aromatic heterocycles. The van der Waals surface area contributed by atoms with Crippen LogP contribution in [0.3, 0.4) is 0 Å². The maximum Gasteiger partial charge on any atom is 0.416 e. The average molecular weight is 603 g/mol. The Labute approximate surface area is 248 Å². The Kier molecular flexibility index (Phi) is 9.81. The highest BCUT2D eigenvalue weighted by molar-refractivity contribution is 5.91.